The van der Waals surface area contributed by atoms with Gasteiger partial charge in [0.15, 0.2) is 0 Å². The Hall–Kier alpha value is -0.0400. The van der Waals surface area contributed by atoms with Gasteiger partial charge >= 0.3 is 0 Å². The zero-order valence-corrected chi connectivity index (χ0v) is 9.97. The molecule has 0 rings (SSSR count). The van der Waals surface area contributed by atoms with Crippen LogP contribution in [0.5, 0.6) is 0 Å². The summed E-state index contributed by atoms with van der Waals surface area (Å²) in [5.74, 6) is 0.872. The highest BCUT2D eigenvalue weighted by molar-refractivity contribution is 4.56. The van der Waals surface area contributed by atoms with Gasteiger partial charge in [-0.05, 0) is 26.4 Å². The molecule has 13 heavy (non-hydrogen) atoms. The van der Waals surface area contributed by atoms with E-state index in [1.54, 1.807) is 0 Å². The first kappa shape index (κ1) is 13.0. The Bertz CT molecular complexity index is 99.3. The number of hydrogen-bond donors (Lipinski definition) is 0. The molecule has 0 aliphatic heterocycles. The summed E-state index contributed by atoms with van der Waals surface area (Å²) < 4.78 is 0. The van der Waals surface area contributed by atoms with Gasteiger partial charge in [0.2, 0.25) is 0 Å². The molecule has 0 fully saturated rings. The maximum Gasteiger partial charge on any atom is 0.0000920 e. The van der Waals surface area contributed by atoms with Crippen LogP contribution in [0, 0.1) is 5.92 Å². The van der Waals surface area contributed by atoms with Crippen molar-refractivity contribution in [2.45, 2.75) is 52.4 Å². The minimum Gasteiger partial charge on any atom is -0.309 e. The third kappa shape index (κ3) is 9.88. The molecular formula is C12H27N. The van der Waals surface area contributed by atoms with E-state index in [4.69, 9.17) is 0 Å². The van der Waals surface area contributed by atoms with Gasteiger partial charge in [-0.15, -0.1) is 0 Å². The molecule has 0 radical (unpaired) electrons. The van der Waals surface area contributed by atoms with E-state index in [-0.39, 0.29) is 0 Å². The lowest BCUT2D eigenvalue weighted by molar-refractivity contribution is 0.321. The Morgan fingerprint density at radius 1 is 1.00 bits per heavy atom. The molecule has 0 saturated carbocycles. The van der Waals surface area contributed by atoms with Gasteiger partial charge in [-0.2, -0.15) is 0 Å². The molecule has 0 N–H and O–H groups in total. The van der Waals surface area contributed by atoms with Crippen LogP contribution < -0.4 is 0 Å². The maximum absolute atomic E-state index is 2.36. The van der Waals surface area contributed by atoms with Crippen molar-refractivity contribution in [3.05, 3.63) is 0 Å². The second-order valence-corrected chi connectivity index (χ2v) is 4.57. The van der Waals surface area contributed by atoms with Gasteiger partial charge in [-0.1, -0.05) is 46.0 Å². The van der Waals surface area contributed by atoms with Crippen molar-refractivity contribution >= 4 is 0 Å². The third-order valence-corrected chi connectivity index (χ3v) is 2.48. The molecule has 0 aromatic heterocycles. The van der Waals surface area contributed by atoms with E-state index in [0.717, 1.165) is 5.92 Å². The van der Waals surface area contributed by atoms with Gasteiger partial charge < -0.3 is 4.90 Å². The van der Waals surface area contributed by atoms with Crippen molar-refractivity contribution in [1.29, 1.82) is 0 Å². The molecule has 0 heterocycles. The number of hydrogen-bond acceptors (Lipinski definition) is 1. The summed E-state index contributed by atoms with van der Waals surface area (Å²) in [5, 5.41) is 0. The van der Waals surface area contributed by atoms with Crippen LogP contribution in [0.4, 0.5) is 0 Å². The minimum absolute atomic E-state index is 0.872. The Kier molecular flexibility index (Phi) is 8.53. The van der Waals surface area contributed by atoms with Crippen molar-refractivity contribution in [3.63, 3.8) is 0 Å². The molecule has 1 atom stereocenters. The molecule has 1 nitrogen and oxygen atoms in total. The minimum atomic E-state index is 0.872. The average molecular weight is 185 g/mol. The molecule has 0 saturated heterocycles. The Labute approximate surface area is 84.5 Å². The van der Waals surface area contributed by atoms with E-state index in [2.05, 4.69) is 32.8 Å². The second kappa shape index (κ2) is 8.55. The Morgan fingerprint density at radius 3 is 2.15 bits per heavy atom. The van der Waals surface area contributed by atoms with E-state index in [1.165, 1.54) is 45.1 Å². The summed E-state index contributed by atoms with van der Waals surface area (Å²) in [7, 11) is 4.32. The zero-order chi connectivity index (χ0) is 10.1. The van der Waals surface area contributed by atoms with Gasteiger partial charge in [0.05, 0.1) is 0 Å². The van der Waals surface area contributed by atoms with Crippen molar-refractivity contribution in [3.8, 4) is 0 Å². The summed E-state index contributed by atoms with van der Waals surface area (Å²) in [6, 6.07) is 0. The molecule has 0 aromatic carbocycles. The van der Waals surface area contributed by atoms with E-state index >= 15 is 0 Å². The standard InChI is InChI=1S/C12H27N/c1-5-6-7-8-9-10-12(2)11-13(3)4/h12H,5-11H2,1-4H3. The van der Waals surface area contributed by atoms with Crippen molar-refractivity contribution in [1.82, 2.24) is 4.90 Å². The summed E-state index contributed by atoms with van der Waals surface area (Å²) in [5.41, 5.74) is 0. The molecular weight excluding hydrogens is 158 g/mol. The first-order chi connectivity index (χ1) is 6.16. The van der Waals surface area contributed by atoms with Gasteiger partial charge in [-0.25, -0.2) is 0 Å². The summed E-state index contributed by atoms with van der Waals surface area (Å²) >= 11 is 0. The monoisotopic (exact) mass is 185 g/mol. The maximum atomic E-state index is 2.36. The van der Waals surface area contributed by atoms with Gasteiger partial charge in [-0.3, -0.25) is 0 Å². The second-order valence-electron chi connectivity index (χ2n) is 4.57. The van der Waals surface area contributed by atoms with E-state index < -0.39 is 0 Å². The Morgan fingerprint density at radius 2 is 1.62 bits per heavy atom. The number of unbranched alkanes of at least 4 members (excludes halogenated alkanes) is 4. The first-order valence-corrected chi connectivity index (χ1v) is 5.81. The lowest BCUT2D eigenvalue weighted by Gasteiger charge is -2.16. The largest absolute Gasteiger partial charge is 0.309 e. The fourth-order valence-corrected chi connectivity index (χ4v) is 1.81. The molecule has 0 aromatic rings. The third-order valence-electron chi connectivity index (χ3n) is 2.48. The molecule has 0 bridgehead atoms. The SMILES string of the molecule is CCCCCCCC(C)CN(C)C. The van der Waals surface area contributed by atoms with Crippen LogP contribution in [0.1, 0.15) is 52.4 Å². The van der Waals surface area contributed by atoms with E-state index in [1.807, 2.05) is 0 Å². The van der Waals surface area contributed by atoms with Crippen LogP contribution in [0.15, 0.2) is 0 Å². The smallest absolute Gasteiger partial charge is 0.0000920 e. The highest BCUT2D eigenvalue weighted by atomic mass is 15.1. The van der Waals surface area contributed by atoms with Crippen LogP contribution >= 0.6 is 0 Å². The van der Waals surface area contributed by atoms with Gasteiger partial charge in [0, 0.05) is 6.54 Å². The molecule has 0 spiro atoms. The lowest BCUT2D eigenvalue weighted by atomic mass is 10.0. The molecule has 1 heteroatoms. The molecule has 0 amide bonds. The molecule has 1 unspecified atom stereocenters. The highest BCUT2D eigenvalue weighted by Gasteiger charge is 2.02. The molecule has 80 valence electrons. The number of rotatable bonds is 8. The van der Waals surface area contributed by atoms with Crippen LogP contribution in [0.25, 0.3) is 0 Å². The predicted octanol–water partition coefficient (Wildman–Crippen LogP) is 3.54. The molecule has 0 aliphatic rings. The van der Waals surface area contributed by atoms with E-state index in [9.17, 15) is 0 Å². The molecule has 0 aliphatic carbocycles. The van der Waals surface area contributed by atoms with E-state index in [0.29, 0.717) is 0 Å². The van der Waals surface area contributed by atoms with Crippen LogP contribution in [-0.2, 0) is 0 Å². The van der Waals surface area contributed by atoms with Crippen molar-refractivity contribution < 1.29 is 0 Å². The fraction of sp³-hybridized carbons (Fsp3) is 1.00. The Balaban J connectivity index is 3.12. The summed E-state index contributed by atoms with van der Waals surface area (Å²) in [6.07, 6.45) is 8.48. The van der Waals surface area contributed by atoms with Gasteiger partial charge in [0.25, 0.3) is 0 Å². The summed E-state index contributed by atoms with van der Waals surface area (Å²) in [4.78, 5) is 2.29. The van der Waals surface area contributed by atoms with Crippen LogP contribution in [-0.4, -0.2) is 25.5 Å². The number of nitrogens with zero attached hydrogens (tertiary/aromatic N) is 1. The van der Waals surface area contributed by atoms with Crippen molar-refractivity contribution in [2.75, 3.05) is 20.6 Å². The first-order valence-electron chi connectivity index (χ1n) is 5.81. The lowest BCUT2D eigenvalue weighted by Crippen LogP contribution is -2.19. The normalized spacial score (nSPS) is 13.6. The highest BCUT2D eigenvalue weighted by Crippen LogP contribution is 2.11. The summed E-state index contributed by atoms with van der Waals surface area (Å²) in [6.45, 7) is 5.88. The predicted molar refractivity (Wildman–Crippen MR) is 61.1 cm³/mol. The quantitative estimate of drug-likeness (QED) is 0.523. The topological polar surface area (TPSA) is 3.24 Å². The zero-order valence-electron chi connectivity index (χ0n) is 9.97. The van der Waals surface area contributed by atoms with Crippen LogP contribution in [0.2, 0.25) is 0 Å². The fourth-order valence-electron chi connectivity index (χ4n) is 1.81. The van der Waals surface area contributed by atoms with Gasteiger partial charge in [0.1, 0.15) is 0 Å². The van der Waals surface area contributed by atoms with Crippen LogP contribution in [0.3, 0.4) is 0 Å². The van der Waals surface area contributed by atoms with Crippen molar-refractivity contribution in [2.24, 2.45) is 5.92 Å². The average Bonchev–Trinajstić information content (AvgIpc) is 2.02.